The minimum absolute atomic E-state index is 0.294. The van der Waals surface area contributed by atoms with E-state index in [1.165, 1.54) is 0 Å². The third-order valence-corrected chi connectivity index (χ3v) is 4.18. The van der Waals surface area contributed by atoms with Gasteiger partial charge in [-0.15, -0.1) is 0 Å². The highest BCUT2D eigenvalue weighted by Gasteiger charge is 2.35. The fourth-order valence-corrected chi connectivity index (χ4v) is 2.84. The Morgan fingerprint density at radius 1 is 1.15 bits per heavy atom. The molecule has 1 aliphatic rings. The maximum atomic E-state index is 12.7. The van der Waals surface area contributed by atoms with Crippen LogP contribution >= 0.6 is 0 Å². The number of nitrogens with zero attached hydrogens (tertiary/aromatic N) is 1. The lowest BCUT2D eigenvalue weighted by Crippen LogP contribution is -2.48. The van der Waals surface area contributed by atoms with E-state index < -0.39 is 12.1 Å². The summed E-state index contributed by atoms with van der Waals surface area (Å²) in [4.78, 5) is 25.3. The van der Waals surface area contributed by atoms with Crippen LogP contribution in [0, 0.1) is 13.8 Å². The van der Waals surface area contributed by atoms with Crippen molar-refractivity contribution in [3.8, 4) is 11.5 Å². The van der Waals surface area contributed by atoms with E-state index in [0.717, 1.165) is 16.9 Å². The topological polar surface area (TPSA) is 76.1 Å². The molecule has 0 aliphatic carbocycles. The van der Waals surface area contributed by atoms with Crippen LogP contribution < -0.4 is 14.4 Å². The van der Waals surface area contributed by atoms with E-state index in [1.807, 2.05) is 56.3 Å². The van der Waals surface area contributed by atoms with Gasteiger partial charge in [-0.1, -0.05) is 23.8 Å². The number of carboxylic acid groups (broad SMARTS) is 1. The molecule has 0 aromatic heterocycles. The third kappa shape index (κ3) is 3.96. The second-order valence-electron chi connectivity index (χ2n) is 6.33. The fourth-order valence-electron chi connectivity index (χ4n) is 2.84. The smallest absolute Gasteiger partial charge is 0.307 e. The fraction of sp³-hybridized carbons (Fsp3) is 0.300. The van der Waals surface area contributed by atoms with Gasteiger partial charge in [0, 0.05) is 0 Å². The van der Waals surface area contributed by atoms with Crippen LogP contribution in [-0.2, 0) is 9.59 Å². The van der Waals surface area contributed by atoms with Crippen molar-refractivity contribution in [3.05, 3.63) is 53.6 Å². The lowest BCUT2D eigenvalue weighted by Gasteiger charge is -2.34. The zero-order chi connectivity index (χ0) is 18.7. The molecule has 3 rings (SSSR count). The van der Waals surface area contributed by atoms with Crippen molar-refractivity contribution in [2.24, 2.45) is 0 Å². The number of hydrogen-bond acceptors (Lipinski definition) is 4. The monoisotopic (exact) mass is 355 g/mol. The number of fused-ring (bicyclic) bond motifs is 1. The molecule has 6 heteroatoms. The molecule has 0 bridgehead atoms. The minimum atomic E-state index is -1.07. The van der Waals surface area contributed by atoms with E-state index in [9.17, 15) is 9.59 Å². The Hall–Kier alpha value is -3.02. The number of carbonyl (C=O) groups is 2. The van der Waals surface area contributed by atoms with Crippen molar-refractivity contribution in [1.82, 2.24) is 0 Å². The second-order valence-corrected chi connectivity index (χ2v) is 6.33. The van der Waals surface area contributed by atoms with Gasteiger partial charge in [0.15, 0.2) is 6.10 Å². The first kappa shape index (κ1) is 17.8. The zero-order valence-corrected chi connectivity index (χ0v) is 14.8. The van der Waals surface area contributed by atoms with Gasteiger partial charge in [-0.05, 0) is 43.7 Å². The third-order valence-electron chi connectivity index (χ3n) is 4.18. The molecule has 1 heterocycles. The number of amides is 1. The van der Waals surface area contributed by atoms with Crippen molar-refractivity contribution < 1.29 is 24.2 Å². The predicted octanol–water partition coefficient (Wildman–Crippen LogP) is 2.95. The van der Waals surface area contributed by atoms with Gasteiger partial charge in [0.1, 0.15) is 18.1 Å². The largest absolute Gasteiger partial charge is 0.492 e. The summed E-state index contributed by atoms with van der Waals surface area (Å²) in [5.41, 5.74) is 2.75. The molecule has 0 saturated heterocycles. The average molecular weight is 355 g/mol. The van der Waals surface area contributed by atoms with Gasteiger partial charge in [-0.3, -0.25) is 9.59 Å². The first-order valence-electron chi connectivity index (χ1n) is 8.44. The summed E-state index contributed by atoms with van der Waals surface area (Å²) in [6, 6.07) is 13.2. The summed E-state index contributed by atoms with van der Waals surface area (Å²) in [6.07, 6.45) is -1.40. The number of carboxylic acids is 1. The highest BCUT2D eigenvalue weighted by atomic mass is 16.5. The van der Waals surface area contributed by atoms with Crippen molar-refractivity contribution in [2.45, 2.75) is 26.4 Å². The predicted molar refractivity (Wildman–Crippen MR) is 96.9 cm³/mol. The molecule has 1 amide bonds. The van der Waals surface area contributed by atoms with Crippen LogP contribution in [0.15, 0.2) is 42.5 Å². The number of ether oxygens (including phenoxy) is 2. The Bertz CT molecular complexity index is 815. The van der Waals surface area contributed by atoms with Gasteiger partial charge in [0.25, 0.3) is 5.91 Å². The minimum Gasteiger partial charge on any atom is -0.492 e. The van der Waals surface area contributed by atoms with Gasteiger partial charge in [0.2, 0.25) is 0 Å². The molecule has 0 fully saturated rings. The highest BCUT2D eigenvalue weighted by molar-refractivity contribution is 6.01. The van der Waals surface area contributed by atoms with Gasteiger partial charge >= 0.3 is 5.97 Å². The quantitative estimate of drug-likeness (QED) is 0.862. The van der Waals surface area contributed by atoms with Crippen molar-refractivity contribution in [3.63, 3.8) is 0 Å². The Kier molecular flexibility index (Phi) is 5.11. The van der Waals surface area contributed by atoms with Crippen LogP contribution in [-0.4, -0.2) is 36.2 Å². The van der Waals surface area contributed by atoms with Crippen LogP contribution in [0.2, 0.25) is 0 Å². The van der Waals surface area contributed by atoms with Crippen LogP contribution in [0.5, 0.6) is 11.5 Å². The SMILES string of the molecule is Cc1ccc(OCCN2C(=O)C(CC(=O)O)Oc3cc(C)ccc32)cc1. The van der Waals surface area contributed by atoms with Gasteiger partial charge < -0.3 is 19.5 Å². The van der Waals surface area contributed by atoms with E-state index in [-0.39, 0.29) is 12.3 Å². The summed E-state index contributed by atoms with van der Waals surface area (Å²) in [6.45, 7) is 4.51. The van der Waals surface area contributed by atoms with Crippen LogP contribution in [0.4, 0.5) is 5.69 Å². The molecule has 2 aromatic rings. The van der Waals surface area contributed by atoms with Crippen molar-refractivity contribution >= 4 is 17.6 Å². The van der Waals surface area contributed by atoms with Crippen LogP contribution in [0.25, 0.3) is 0 Å². The van der Waals surface area contributed by atoms with E-state index in [2.05, 4.69) is 0 Å². The molecule has 26 heavy (non-hydrogen) atoms. The molecular formula is C20H21NO5. The normalized spacial score (nSPS) is 16.0. The molecular weight excluding hydrogens is 334 g/mol. The number of aryl methyl sites for hydroxylation is 2. The first-order chi connectivity index (χ1) is 12.4. The average Bonchev–Trinajstić information content (AvgIpc) is 2.59. The molecule has 1 aliphatic heterocycles. The van der Waals surface area contributed by atoms with Crippen molar-refractivity contribution in [2.75, 3.05) is 18.1 Å². The molecule has 2 aromatic carbocycles. The highest BCUT2D eigenvalue weighted by Crippen LogP contribution is 2.35. The molecule has 1 atom stereocenters. The molecule has 0 spiro atoms. The number of benzene rings is 2. The Balaban J connectivity index is 1.76. The Morgan fingerprint density at radius 3 is 2.54 bits per heavy atom. The number of aliphatic carboxylic acids is 1. The van der Waals surface area contributed by atoms with E-state index in [0.29, 0.717) is 24.6 Å². The zero-order valence-electron chi connectivity index (χ0n) is 14.8. The first-order valence-corrected chi connectivity index (χ1v) is 8.44. The van der Waals surface area contributed by atoms with E-state index in [1.54, 1.807) is 4.90 Å². The lowest BCUT2D eigenvalue weighted by atomic mass is 10.1. The van der Waals surface area contributed by atoms with Crippen LogP contribution in [0.1, 0.15) is 17.5 Å². The van der Waals surface area contributed by atoms with Gasteiger partial charge in [-0.25, -0.2) is 0 Å². The van der Waals surface area contributed by atoms with E-state index >= 15 is 0 Å². The van der Waals surface area contributed by atoms with Crippen molar-refractivity contribution in [1.29, 1.82) is 0 Å². The molecule has 0 radical (unpaired) electrons. The second kappa shape index (κ2) is 7.47. The maximum absolute atomic E-state index is 12.7. The molecule has 6 nitrogen and oxygen atoms in total. The number of rotatable bonds is 6. The standard InChI is InChI=1S/C20H21NO5/c1-13-3-6-15(7-4-13)25-10-9-21-16-8-5-14(2)11-17(16)26-18(20(21)24)12-19(22)23/h3-8,11,18H,9-10,12H2,1-2H3,(H,22,23). The molecule has 0 saturated carbocycles. The van der Waals surface area contributed by atoms with Gasteiger partial charge in [-0.2, -0.15) is 0 Å². The summed E-state index contributed by atoms with van der Waals surface area (Å²) in [5.74, 6) is -0.194. The number of hydrogen-bond donors (Lipinski definition) is 1. The summed E-state index contributed by atoms with van der Waals surface area (Å²) < 4.78 is 11.3. The summed E-state index contributed by atoms with van der Waals surface area (Å²) >= 11 is 0. The summed E-state index contributed by atoms with van der Waals surface area (Å²) in [7, 11) is 0. The maximum Gasteiger partial charge on any atom is 0.307 e. The van der Waals surface area contributed by atoms with E-state index in [4.69, 9.17) is 14.6 Å². The number of carbonyl (C=O) groups excluding carboxylic acids is 1. The Labute approximate surface area is 152 Å². The van der Waals surface area contributed by atoms with Gasteiger partial charge in [0.05, 0.1) is 18.7 Å². The molecule has 1 unspecified atom stereocenters. The number of anilines is 1. The van der Waals surface area contributed by atoms with Crippen LogP contribution in [0.3, 0.4) is 0 Å². The molecule has 1 N–H and O–H groups in total. The molecule has 136 valence electrons. The summed E-state index contributed by atoms with van der Waals surface area (Å²) in [5, 5.41) is 9.04. The lowest BCUT2D eigenvalue weighted by molar-refractivity contribution is -0.142. The Morgan fingerprint density at radius 2 is 1.85 bits per heavy atom.